The zero-order valence-electron chi connectivity index (χ0n) is 13.9. The Morgan fingerprint density at radius 2 is 1.96 bits per heavy atom. The van der Waals surface area contributed by atoms with Gasteiger partial charge in [-0.25, -0.2) is 0 Å². The van der Waals surface area contributed by atoms with Crippen molar-refractivity contribution >= 4 is 35.0 Å². The van der Waals surface area contributed by atoms with Crippen LogP contribution in [0.2, 0.25) is 10.0 Å². The van der Waals surface area contributed by atoms with Crippen LogP contribution < -0.4 is 5.32 Å². The van der Waals surface area contributed by atoms with Crippen molar-refractivity contribution in [1.29, 1.82) is 0 Å². The van der Waals surface area contributed by atoms with E-state index in [0.717, 1.165) is 12.0 Å². The zero-order valence-corrected chi connectivity index (χ0v) is 15.4. The first-order valence-corrected chi connectivity index (χ1v) is 8.57. The maximum Gasteiger partial charge on any atom is 0.221 e. The van der Waals surface area contributed by atoms with Gasteiger partial charge in [-0.15, -0.1) is 0 Å². The lowest BCUT2D eigenvalue weighted by atomic mass is 10.1. The van der Waals surface area contributed by atoms with E-state index in [4.69, 9.17) is 23.2 Å². The second-order valence-electron chi connectivity index (χ2n) is 5.62. The molecule has 0 saturated heterocycles. The van der Waals surface area contributed by atoms with Crippen molar-refractivity contribution < 1.29 is 9.59 Å². The highest BCUT2D eigenvalue weighted by Crippen LogP contribution is 2.21. The molecule has 0 aliphatic rings. The largest absolute Gasteiger partial charge is 0.354 e. The topological polar surface area (TPSA) is 49.4 Å². The average Bonchev–Trinajstić information content (AvgIpc) is 2.48. The van der Waals surface area contributed by atoms with Gasteiger partial charge in [-0.05, 0) is 37.5 Å². The third kappa shape index (κ3) is 7.23. The minimum atomic E-state index is -0.0496. The van der Waals surface area contributed by atoms with Gasteiger partial charge >= 0.3 is 0 Å². The van der Waals surface area contributed by atoms with Gasteiger partial charge in [-0.1, -0.05) is 36.2 Å². The highest BCUT2D eigenvalue weighted by molar-refractivity contribution is 6.35. The third-order valence-electron chi connectivity index (χ3n) is 3.74. The zero-order chi connectivity index (χ0) is 17.4. The molecule has 1 N–H and O–H groups in total. The van der Waals surface area contributed by atoms with Gasteiger partial charge in [0.1, 0.15) is 0 Å². The number of hydrogen-bond acceptors (Lipinski definition) is 2. The minimum Gasteiger partial charge on any atom is -0.354 e. The van der Waals surface area contributed by atoms with Crippen molar-refractivity contribution in [3.63, 3.8) is 0 Å². The molecule has 0 aromatic heterocycles. The Bertz CT molecular complexity index is 549. The van der Waals surface area contributed by atoms with Crippen LogP contribution in [0.4, 0.5) is 0 Å². The van der Waals surface area contributed by atoms with E-state index in [1.54, 1.807) is 17.0 Å². The maximum atomic E-state index is 11.8. The molecular weight excluding hydrogens is 335 g/mol. The fourth-order valence-electron chi connectivity index (χ4n) is 2.09. The monoisotopic (exact) mass is 358 g/mol. The molecular formula is C17H24Cl2N2O2. The van der Waals surface area contributed by atoms with E-state index in [1.807, 2.05) is 19.9 Å². The Labute approximate surface area is 148 Å². The summed E-state index contributed by atoms with van der Waals surface area (Å²) in [5, 5.41) is 4.08. The molecule has 0 heterocycles. The van der Waals surface area contributed by atoms with Crippen LogP contribution in [0.15, 0.2) is 18.2 Å². The van der Waals surface area contributed by atoms with Gasteiger partial charge in [0.2, 0.25) is 11.8 Å². The first kappa shape index (κ1) is 19.8. The van der Waals surface area contributed by atoms with Crippen molar-refractivity contribution in [3.05, 3.63) is 33.8 Å². The molecule has 2 amide bonds. The van der Waals surface area contributed by atoms with Gasteiger partial charge in [0, 0.05) is 42.5 Å². The van der Waals surface area contributed by atoms with Crippen LogP contribution in [0.25, 0.3) is 0 Å². The van der Waals surface area contributed by atoms with Crippen LogP contribution in [0.3, 0.4) is 0 Å². The summed E-state index contributed by atoms with van der Waals surface area (Å²) in [5.41, 5.74) is 0.936. The Morgan fingerprint density at radius 1 is 1.26 bits per heavy atom. The molecule has 1 aromatic carbocycles. The molecule has 1 atom stereocenters. The van der Waals surface area contributed by atoms with Gasteiger partial charge < -0.3 is 10.2 Å². The molecule has 128 valence electrons. The third-order valence-corrected chi connectivity index (χ3v) is 4.33. The lowest BCUT2D eigenvalue weighted by Gasteiger charge is -2.21. The van der Waals surface area contributed by atoms with Crippen molar-refractivity contribution in [1.82, 2.24) is 10.2 Å². The lowest BCUT2D eigenvalue weighted by Crippen LogP contribution is -2.37. The highest BCUT2D eigenvalue weighted by Gasteiger charge is 2.13. The smallest absolute Gasteiger partial charge is 0.221 e. The van der Waals surface area contributed by atoms with Crippen LogP contribution in [-0.4, -0.2) is 35.8 Å². The van der Waals surface area contributed by atoms with Crippen molar-refractivity contribution in [2.45, 2.75) is 46.1 Å². The molecule has 0 fully saturated rings. The fraction of sp³-hybridized carbons (Fsp3) is 0.529. The van der Waals surface area contributed by atoms with E-state index in [9.17, 15) is 9.59 Å². The van der Waals surface area contributed by atoms with Gasteiger partial charge in [0.05, 0.1) is 0 Å². The second-order valence-corrected chi connectivity index (χ2v) is 6.46. The number of rotatable bonds is 8. The average molecular weight is 359 g/mol. The van der Waals surface area contributed by atoms with Crippen LogP contribution >= 0.6 is 23.2 Å². The van der Waals surface area contributed by atoms with Crippen LogP contribution in [-0.2, 0) is 16.0 Å². The number of halogens is 2. The molecule has 0 radical (unpaired) electrons. The predicted octanol–water partition coefficient (Wildman–Crippen LogP) is 3.69. The number of carbonyl (C=O) groups excluding carboxylic acids is 2. The van der Waals surface area contributed by atoms with Gasteiger partial charge in [-0.3, -0.25) is 9.59 Å². The fourth-order valence-corrected chi connectivity index (χ4v) is 2.60. The molecule has 0 saturated carbocycles. The van der Waals surface area contributed by atoms with Gasteiger partial charge in [-0.2, -0.15) is 0 Å². The summed E-state index contributed by atoms with van der Waals surface area (Å²) >= 11 is 12.0. The number of amides is 2. The standard InChI is InChI=1S/C17H24Cl2N2O2/c1-4-12(2)20-17(23)8-10-21(13(3)22)9-7-14-5-6-15(18)11-16(14)19/h5-6,11-12H,4,7-10H2,1-3H3,(H,20,23). The highest BCUT2D eigenvalue weighted by atomic mass is 35.5. The quantitative estimate of drug-likeness (QED) is 0.770. The summed E-state index contributed by atoms with van der Waals surface area (Å²) in [7, 11) is 0. The number of nitrogens with zero attached hydrogens (tertiary/aromatic N) is 1. The number of benzene rings is 1. The Hall–Kier alpha value is -1.26. The Morgan fingerprint density at radius 3 is 2.52 bits per heavy atom. The van der Waals surface area contributed by atoms with Crippen molar-refractivity contribution in [2.75, 3.05) is 13.1 Å². The molecule has 1 unspecified atom stereocenters. The SMILES string of the molecule is CCC(C)NC(=O)CCN(CCc1ccc(Cl)cc1Cl)C(C)=O. The van der Waals surface area contributed by atoms with Crippen LogP contribution in [0, 0.1) is 0 Å². The summed E-state index contributed by atoms with van der Waals surface area (Å²) in [6, 6.07) is 5.48. The first-order chi connectivity index (χ1) is 10.8. The normalized spacial score (nSPS) is 11.9. The van der Waals surface area contributed by atoms with E-state index >= 15 is 0 Å². The Kier molecular flexibility index (Phi) is 8.42. The van der Waals surface area contributed by atoms with Gasteiger partial charge in [0.25, 0.3) is 0 Å². The van der Waals surface area contributed by atoms with E-state index in [2.05, 4.69) is 5.32 Å². The molecule has 6 heteroatoms. The molecule has 1 rings (SSSR count). The molecule has 0 aliphatic carbocycles. The molecule has 4 nitrogen and oxygen atoms in total. The number of hydrogen-bond donors (Lipinski definition) is 1. The van der Waals surface area contributed by atoms with E-state index in [-0.39, 0.29) is 17.9 Å². The number of nitrogens with one attached hydrogen (secondary N) is 1. The maximum absolute atomic E-state index is 11.8. The summed E-state index contributed by atoms with van der Waals surface area (Å²) in [5.74, 6) is -0.0819. The summed E-state index contributed by atoms with van der Waals surface area (Å²) < 4.78 is 0. The van der Waals surface area contributed by atoms with E-state index in [1.165, 1.54) is 6.92 Å². The van der Waals surface area contributed by atoms with Crippen LogP contribution in [0.1, 0.15) is 39.2 Å². The molecule has 0 spiro atoms. The van der Waals surface area contributed by atoms with Crippen molar-refractivity contribution in [3.8, 4) is 0 Å². The summed E-state index contributed by atoms with van der Waals surface area (Å²) in [4.78, 5) is 25.2. The first-order valence-electron chi connectivity index (χ1n) is 7.82. The van der Waals surface area contributed by atoms with Gasteiger partial charge in [0.15, 0.2) is 0 Å². The van der Waals surface area contributed by atoms with Crippen molar-refractivity contribution in [2.24, 2.45) is 0 Å². The second kappa shape index (κ2) is 9.78. The Balaban J connectivity index is 2.52. The van der Waals surface area contributed by atoms with Crippen LogP contribution in [0.5, 0.6) is 0 Å². The van der Waals surface area contributed by atoms with E-state index < -0.39 is 0 Å². The lowest BCUT2D eigenvalue weighted by molar-refractivity contribution is -0.129. The molecule has 0 aliphatic heterocycles. The van der Waals surface area contributed by atoms with E-state index in [0.29, 0.717) is 36.0 Å². The number of carbonyl (C=O) groups is 2. The minimum absolute atomic E-state index is 0.0323. The summed E-state index contributed by atoms with van der Waals surface area (Å²) in [6.07, 6.45) is 1.82. The molecule has 23 heavy (non-hydrogen) atoms. The molecule has 1 aromatic rings. The predicted molar refractivity (Wildman–Crippen MR) is 94.9 cm³/mol. The molecule has 0 bridgehead atoms. The summed E-state index contributed by atoms with van der Waals surface area (Å²) in [6.45, 7) is 6.41.